The van der Waals surface area contributed by atoms with E-state index < -0.39 is 23.2 Å². The van der Waals surface area contributed by atoms with Gasteiger partial charge in [-0.25, -0.2) is 9.18 Å². The van der Waals surface area contributed by atoms with Crippen LogP contribution in [0.15, 0.2) is 35.3 Å². The molecule has 1 heterocycles. The molecule has 0 spiro atoms. The maximum atomic E-state index is 13.2. The van der Waals surface area contributed by atoms with Gasteiger partial charge in [0.2, 0.25) is 0 Å². The smallest absolute Gasteiger partial charge is 0.310 e. The van der Waals surface area contributed by atoms with Crippen molar-refractivity contribution in [2.45, 2.75) is 0 Å². The van der Waals surface area contributed by atoms with Gasteiger partial charge >= 0.3 is 5.69 Å². The number of H-pyrrole nitrogens is 1. The minimum atomic E-state index is -0.822. The van der Waals surface area contributed by atoms with Gasteiger partial charge in [-0.05, 0) is 24.3 Å². The number of rotatable bonds is 2. The van der Waals surface area contributed by atoms with Gasteiger partial charge in [0.15, 0.2) is 11.6 Å². The number of nitrogens with one attached hydrogen (secondary N) is 2. The molecule has 7 heteroatoms. The van der Waals surface area contributed by atoms with E-state index in [4.69, 9.17) is 11.6 Å². The Bertz CT molecular complexity index is 639. The minimum absolute atomic E-state index is 0.279. The Morgan fingerprint density at radius 1 is 1.33 bits per heavy atom. The summed E-state index contributed by atoms with van der Waals surface area (Å²) in [6.07, 6.45) is 0.826. The lowest BCUT2D eigenvalue weighted by molar-refractivity contribution is 0.102. The van der Waals surface area contributed by atoms with Gasteiger partial charge in [0.05, 0.1) is 0 Å². The first-order valence-corrected chi connectivity index (χ1v) is 5.26. The highest BCUT2D eigenvalue weighted by atomic mass is 35.5. The van der Waals surface area contributed by atoms with Crippen molar-refractivity contribution in [3.63, 3.8) is 0 Å². The number of carbonyl (C=O) groups is 1. The molecule has 0 saturated heterocycles. The van der Waals surface area contributed by atoms with E-state index in [2.05, 4.69) is 15.3 Å². The molecule has 1 aromatic heterocycles. The molecular formula is C11H7ClFN3O2. The lowest BCUT2D eigenvalue weighted by atomic mass is 10.2. The maximum absolute atomic E-state index is 13.2. The predicted molar refractivity (Wildman–Crippen MR) is 64.2 cm³/mol. The van der Waals surface area contributed by atoms with Crippen LogP contribution in [0.25, 0.3) is 0 Å². The standard InChI is InChI=1S/C11H7ClFN3O2/c12-7-3-1-6(2-4-7)10(17)15-9-8(13)5-14-11(18)16-9/h1-5H,(H2,14,15,16,17,18). The van der Waals surface area contributed by atoms with Gasteiger partial charge in [0.1, 0.15) is 0 Å². The maximum Gasteiger partial charge on any atom is 0.347 e. The molecular weight excluding hydrogens is 261 g/mol. The summed E-state index contributed by atoms with van der Waals surface area (Å²) in [5.41, 5.74) is -0.469. The molecule has 0 aliphatic carbocycles. The van der Waals surface area contributed by atoms with Crippen molar-refractivity contribution in [3.8, 4) is 0 Å². The van der Waals surface area contributed by atoms with Crippen molar-refractivity contribution in [1.82, 2.24) is 9.97 Å². The van der Waals surface area contributed by atoms with E-state index >= 15 is 0 Å². The van der Waals surface area contributed by atoms with Crippen molar-refractivity contribution >= 4 is 23.3 Å². The van der Waals surface area contributed by atoms with Crippen LogP contribution in [-0.4, -0.2) is 15.9 Å². The molecule has 2 rings (SSSR count). The second-order valence-corrected chi connectivity index (χ2v) is 3.80. The zero-order chi connectivity index (χ0) is 13.1. The van der Waals surface area contributed by atoms with Crippen molar-refractivity contribution in [3.05, 3.63) is 57.3 Å². The Morgan fingerprint density at radius 3 is 2.67 bits per heavy atom. The molecule has 0 radical (unpaired) electrons. The summed E-state index contributed by atoms with van der Waals surface area (Å²) in [5.74, 6) is -1.82. The number of aromatic amines is 1. The number of benzene rings is 1. The number of amides is 1. The van der Waals surface area contributed by atoms with Crippen LogP contribution >= 0.6 is 11.6 Å². The van der Waals surface area contributed by atoms with Crippen LogP contribution in [-0.2, 0) is 0 Å². The number of anilines is 1. The van der Waals surface area contributed by atoms with Gasteiger partial charge in [-0.15, -0.1) is 0 Å². The monoisotopic (exact) mass is 267 g/mol. The van der Waals surface area contributed by atoms with Gasteiger partial charge in [-0.2, -0.15) is 4.98 Å². The van der Waals surface area contributed by atoms with E-state index in [1.165, 1.54) is 24.3 Å². The molecule has 0 unspecified atom stereocenters. The van der Waals surface area contributed by atoms with E-state index in [1.54, 1.807) is 0 Å². The minimum Gasteiger partial charge on any atom is -0.310 e. The lowest BCUT2D eigenvalue weighted by Crippen LogP contribution is -2.19. The van der Waals surface area contributed by atoms with Gasteiger partial charge in [-0.1, -0.05) is 11.6 Å². The molecule has 18 heavy (non-hydrogen) atoms. The number of carbonyl (C=O) groups excluding carboxylic acids is 1. The summed E-state index contributed by atoms with van der Waals surface area (Å²) < 4.78 is 13.2. The normalized spacial score (nSPS) is 10.1. The Kier molecular flexibility index (Phi) is 3.38. The number of halogens is 2. The molecule has 0 atom stereocenters. The molecule has 1 amide bonds. The van der Waals surface area contributed by atoms with Crippen LogP contribution in [0.1, 0.15) is 10.4 Å². The summed E-state index contributed by atoms with van der Waals surface area (Å²) >= 11 is 5.67. The van der Waals surface area contributed by atoms with Gasteiger partial charge in [-0.3, -0.25) is 4.79 Å². The molecule has 5 nitrogen and oxygen atoms in total. The van der Waals surface area contributed by atoms with E-state index in [1.807, 2.05) is 0 Å². The number of hydrogen-bond acceptors (Lipinski definition) is 3. The fourth-order valence-corrected chi connectivity index (χ4v) is 1.38. The Balaban J connectivity index is 2.23. The Morgan fingerprint density at radius 2 is 2.00 bits per heavy atom. The highest BCUT2D eigenvalue weighted by molar-refractivity contribution is 6.30. The van der Waals surface area contributed by atoms with E-state index in [-0.39, 0.29) is 5.56 Å². The number of nitrogens with zero attached hydrogens (tertiary/aromatic N) is 1. The Labute approximate surface area is 106 Å². The van der Waals surface area contributed by atoms with Gasteiger partial charge < -0.3 is 10.3 Å². The quantitative estimate of drug-likeness (QED) is 0.871. The van der Waals surface area contributed by atoms with Crippen LogP contribution in [0.4, 0.5) is 10.2 Å². The van der Waals surface area contributed by atoms with Gasteiger partial charge in [0.25, 0.3) is 5.91 Å². The molecule has 92 valence electrons. The first-order chi connectivity index (χ1) is 8.56. The SMILES string of the molecule is O=C(Nc1nc(=O)[nH]cc1F)c1ccc(Cl)cc1. The molecule has 0 aliphatic heterocycles. The molecule has 2 aromatic rings. The van der Waals surface area contributed by atoms with Crippen molar-refractivity contribution in [1.29, 1.82) is 0 Å². The van der Waals surface area contributed by atoms with Crippen LogP contribution in [0.5, 0.6) is 0 Å². The van der Waals surface area contributed by atoms with E-state index in [0.717, 1.165) is 6.20 Å². The first kappa shape index (κ1) is 12.3. The summed E-state index contributed by atoms with van der Waals surface area (Å²) in [5, 5.41) is 2.68. The van der Waals surface area contributed by atoms with Crippen molar-refractivity contribution < 1.29 is 9.18 Å². The first-order valence-electron chi connectivity index (χ1n) is 4.88. The summed E-state index contributed by atoms with van der Waals surface area (Å²) in [6, 6.07) is 6.00. The van der Waals surface area contributed by atoms with Gasteiger partial charge in [0, 0.05) is 16.8 Å². The van der Waals surface area contributed by atoms with E-state index in [0.29, 0.717) is 5.02 Å². The highest BCUT2D eigenvalue weighted by Gasteiger charge is 2.10. The zero-order valence-corrected chi connectivity index (χ0v) is 9.66. The van der Waals surface area contributed by atoms with Crippen LogP contribution in [0.3, 0.4) is 0 Å². The molecule has 0 aliphatic rings. The Hall–Kier alpha value is -2.21. The fourth-order valence-electron chi connectivity index (χ4n) is 1.25. The molecule has 2 N–H and O–H groups in total. The van der Waals surface area contributed by atoms with Crippen molar-refractivity contribution in [2.75, 3.05) is 5.32 Å². The zero-order valence-electron chi connectivity index (χ0n) is 8.91. The fraction of sp³-hybridized carbons (Fsp3) is 0. The largest absolute Gasteiger partial charge is 0.347 e. The molecule has 1 aromatic carbocycles. The van der Waals surface area contributed by atoms with E-state index in [9.17, 15) is 14.0 Å². The second kappa shape index (κ2) is 4.97. The topological polar surface area (TPSA) is 74.8 Å². The predicted octanol–water partition coefficient (Wildman–Crippen LogP) is 1.81. The van der Waals surface area contributed by atoms with Crippen LogP contribution in [0.2, 0.25) is 5.02 Å². The summed E-state index contributed by atoms with van der Waals surface area (Å²) in [4.78, 5) is 28.0. The third-order valence-corrected chi connectivity index (χ3v) is 2.35. The average molecular weight is 268 g/mol. The highest BCUT2D eigenvalue weighted by Crippen LogP contribution is 2.12. The molecule has 0 saturated carbocycles. The summed E-state index contributed by atoms with van der Waals surface area (Å²) in [6.45, 7) is 0. The third kappa shape index (κ3) is 2.72. The number of aromatic nitrogens is 2. The van der Waals surface area contributed by atoms with Crippen LogP contribution in [0, 0.1) is 5.82 Å². The third-order valence-electron chi connectivity index (χ3n) is 2.10. The van der Waals surface area contributed by atoms with Crippen LogP contribution < -0.4 is 11.0 Å². The lowest BCUT2D eigenvalue weighted by Gasteiger charge is -2.04. The molecule has 0 bridgehead atoms. The summed E-state index contributed by atoms with van der Waals surface area (Å²) in [7, 11) is 0. The van der Waals surface area contributed by atoms with Crippen molar-refractivity contribution in [2.24, 2.45) is 0 Å². The number of hydrogen-bond donors (Lipinski definition) is 2. The average Bonchev–Trinajstić information content (AvgIpc) is 2.34. The molecule has 0 fully saturated rings. The second-order valence-electron chi connectivity index (χ2n) is 3.36.